The first-order valence-corrected chi connectivity index (χ1v) is 10.2. The predicted octanol–water partition coefficient (Wildman–Crippen LogP) is 2.13. The van der Waals surface area contributed by atoms with Crippen LogP contribution in [0.2, 0.25) is 0 Å². The molecule has 1 aromatic heterocycles. The topological polar surface area (TPSA) is 66.6 Å². The molecule has 4 rings (SSSR count). The quantitative estimate of drug-likeness (QED) is 0.851. The van der Waals surface area contributed by atoms with E-state index in [1.165, 1.54) is 5.56 Å². The van der Waals surface area contributed by atoms with E-state index in [0.29, 0.717) is 12.6 Å². The summed E-state index contributed by atoms with van der Waals surface area (Å²) in [4.78, 5) is 4.76. The maximum atomic E-state index is 10.2. The van der Waals surface area contributed by atoms with E-state index in [4.69, 9.17) is 4.74 Å². The number of aliphatic hydroxyl groups excluding tert-OH is 1. The minimum Gasteiger partial charge on any atom is -0.496 e. The van der Waals surface area contributed by atoms with Gasteiger partial charge in [-0.1, -0.05) is 12.1 Å². The molecule has 7 nitrogen and oxygen atoms in total. The Morgan fingerprint density at radius 2 is 2.07 bits per heavy atom. The third kappa shape index (κ3) is 3.66. The van der Waals surface area contributed by atoms with Gasteiger partial charge < -0.3 is 14.4 Å². The van der Waals surface area contributed by atoms with Gasteiger partial charge in [0.05, 0.1) is 25.8 Å². The standard InChI is InChI=1S/C21H31N5O2/c1-14(2)26-12-17(27)10-18(26)21-23-22-20-13-24(7-8-25(20)21)11-16-5-6-19(28-4)15(3)9-16/h5-6,9,14,17-18,27H,7-8,10-13H2,1-4H3/t17-,18-/m0/s1. The van der Waals surface area contributed by atoms with Crippen molar-refractivity contribution in [2.45, 2.75) is 65.0 Å². The molecule has 0 saturated carbocycles. The molecule has 2 aromatic rings. The van der Waals surface area contributed by atoms with Crippen molar-refractivity contribution in [3.63, 3.8) is 0 Å². The van der Waals surface area contributed by atoms with E-state index in [9.17, 15) is 5.11 Å². The lowest BCUT2D eigenvalue weighted by atomic mass is 10.1. The fraction of sp³-hybridized carbons (Fsp3) is 0.619. The minimum atomic E-state index is -0.279. The zero-order valence-corrected chi connectivity index (χ0v) is 17.3. The van der Waals surface area contributed by atoms with Crippen LogP contribution in [0.1, 0.15) is 49.1 Å². The number of hydrogen-bond donors (Lipinski definition) is 1. The second kappa shape index (κ2) is 7.81. The Kier molecular flexibility index (Phi) is 5.40. The third-order valence-electron chi connectivity index (χ3n) is 6.00. The number of nitrogens with zero attached hydrogens (tertiary/aromatic N) is 5. The summed E-state index contributed by atoms with van der Waals surface area (Å²) < 4.78 is 7.64. The highest BCUT2D eigenvalue weighted by molar-refractivity contribution is 5.36. The summed E-state index contributed by atoms with van der Waals surface area (Å²) in [7, 11) is 1.71. The van der Waals surface area contributed by atoms with Gasteiger partial charge in [0.1, 0.15) is 11.6 Å². The fourth-order valence-electron chi connectivity index (χ4n) is 4.57. The fourth-order valence-corrected chi connectivity index (χ4v) is 4.57. The molecule has 1 aromatic carbocycles. The van der Waals surface area contributed by atoms with Crippen molar-refractivity contribution in [1.82, 2.24) is 24.6 Å². The highest BCUT2D eigenvalue weighted by Crippen LogP contribution is 2.34. The molecular formula is C21H31N5O2. The average Bonchev–Trinajstić information content (AvgIpc) is 3.24. The van der Waals surface area contributed by atoms with Gasteiger partial charge in [0, 0.05) is 32.2 Å². The first-order chi connectivity index (χ1) is 13.5. The summed E-state index contributed by atoms with van der Waals surface area (Å²) in [5.41, 5.74) is 2.45. The van der Waals surface area contributed by atoms with Crippen LogP contribution in [0.4, 0.5) is 0 Å². The molecule has 0 bridgehead atoms. The second-order valence-corrected chi connectivity index (χ2v) is 8.34. The molecule has 3 heterocycles. The number of hydrogen-bond acceptors (Lipinski definition) is 6. The number of methoxy groups -OCH3 is 1. The second-order valence-electron chi connectivity index (χ2n) is 8.34. The average molecular weight is 386 g/mol. The van der Waals surface area contributed by atoms with Crippen LogP contribution in [0, 0.1) is 6.92 Å². The SMILES string of the molecule is COc1ccc(CN2CCn3c(nnc3[C@@H]3C[C@H](O)CN3C(C)C)C2)cc1C. The van der Waals surface area contributed by atoms with Crippen LogP contribution in [-0.4, -0.2) is 62.0 Å². The molecule has 2 atom stereocenters. The van der Waals surface area contributed by atoms with Gasteiger partial charge >= 0.3 is 0 Å². The van der Waals surface area contributed by atoms with Crippen LogP contribution < -0.4 is 4.74 Å². The van der Waals surface area contributed by atoms with Gasteiger partial charge in [0.2, 0.25) is 0 Å². The van der Waals surface area contributed by atoms with Gasteiger partial charge in [0.15, 0.2) is 5.82 Å². The zero-order valence-electron chi connectivity index (χ0n) is 17.3. The Labute approximate surface area is 166 Å². The Bertz CT molecular complexity index is 834. The van der Waals surface area contributed by atoms with Crippen molar-refractivity contribution >= 4 is 0 Å². The molecule has 0 radical (unpaired) electrons. The van der Waals surface area contributed by atoms with Crippen LogP contribution in [-0.2, 0) is 19.6 Å². The number of aryl methyl sites for hydroxylation is 1. The van der Waals surface area contributed by atoms with Crippen molar-refractivity contribution in [2.24, 2.45) is 0 Å². The molecule has 1 fully saturated rings. The van der Waals surface area contributed by atoms with Gasteiger partial charge in [0.25, 0.3) is 0 Å². The molecule has 7 heteroatoms. The Morgan fingerprint density at radius 3 is 2.79 bits per heavy atom. The summed E-state index contributed by atoms with van der Waals surface area (Å²) in [6.07, 6.45) is 0.462. The van der Waals surface area contributed by atoms with Crippen molar-refractivity contribution in [2.75, 3.05) is 20.2 Å². The summed E-state index contributed by atoms with van der Waals surface area (Å²) >= 11 is 0. The minimum absolute atomic E-state index is 0.159. The van der Waals surface area contributed by atoms with Crippen LogP contribution in [0.25, 0.3) is 0 Å². The van der Waals surface area contributed by atoms with Crippen molar-refractivity contribution in [3.8, 4) is 5.75 Å². The molecule has 1 N–H and O–H groups in total. The van der Waals surface area contributed by atoms with Crippen LogP contribution >= 0.6 is 0 Å². The van der Waals surface area contributed by atoms with E-state index < -0.39 is 0 Å². The van der Waals surface area contributed by atoms with E-state index in [2.05, 4.69) is 57.5 Å². The predicted molar refractivity (Wildman–Crippen MR) is 107 cm³/mol. The molecule has 28 heavy (non-hydrogen) atoms. The van der Waals surface area contributed by atoms with E-state index in [0.717, 1.165) is 55.6 Å². The monoisotopic (exact) mass is 385 g/mol. The number of aliphatic hydroxyl groups is 1. The number of fused-ring (bicyclic) bond motifs is 1. The maximum Gasteiger partial charge on any atom is 0.150 e. The van der Waals surface area contributed by atoms with Gasteiger partial charge in [-0.2, -0.15) is 0 Å². The molecule has 0 aliphatic carbocycles. The van der Waals surface area contributed by atoms with Gasteiger partial charge in [-0.05, 0) is 44.4 Å². The molecule has 0 unspecified atom stereocenters. The molecule has 2 aliphatic rings. The van der Waals surface area contributed by atoms with Gasteiger partial charge in [-0.25, -0.2) is 0 Å². The van der Waals surface area contributed by atoms with E-state index in [1.807, 2.05) is 6.07 Å². The Balaban J connectivity index is 1.48. The lowest BCUT2D eigenvalue weighted by Gasteiger charge is -2.31. The Hall–Kier alpha value is -1.96. The highest BCUT2D eigenvalue weighted by Gasteiger charge is 2.37. The van der Waals surface area contributed by atoms with E-state index >= 15 is 0 Å². The molecular weight excluding hydrogens is 354 g/mol. The third-order valence-corrected chi connectivity index (χ3v) is 6.00. The summed E-state index contributed by atoms with van der Waals surface area (Å²) in [6, 6.07) is 6.92. The highest BCUT2D eigenvalue weighted by atomic mass is 16.5. The van der Waals surface area contributed by atoms with E-state index in [1.54, 1.807) is 7.11 Å². The number of likely N-dealkylation sites (tertiary alicyclic amines) is 1. The normalized spacial score (nSPS) is 23.4. The summed E-state index contributed by atoms with van der Waals surface area (Å²) in [6.45, 7) is 10.7. The summed E-state index contributed by atoms with van der Waals surface area (Å²) in [5, 5.41) is 19.2. The lowest BCUT2D eigenvalue weighted by molar-refractivity contribution is 0.155. The molecule has 1 saturated heterocycles. The molecule has 0 spiro atoms. The van der Waals surface area contributed by atoms with Crippen molar-refractivity contribution in [1.29, 1.82) is 0 Å². The molecule has 2 aliphatic heterocycles. The smallest absolute Gasteiger partial charge is 0.150 e. The lowest BCUT2D eigenvalue weighted by Crippen LogP contribution is -2.36. The number of benzene rings is 1. The van der Waals surface area contributed by atoms with Crippen molar-refractivity contribution < 1.29 is 9.84 Å². The van der Waals surface area contributed by atoms with Crippen LogP contribution in [0.5, 0.6) is 5.75 Å². The van der Waals surface area contributed by atoms with Gasteiger partial charge in [-0.3, -0.25) is 9.80 Å². The number of ether oxygens (including phenoxy) is 1. The zero-order chi connectivity index (χ0) is 19.8. The number of aromatic nitrogens is 3. The van der Waals surface area contributed by atoms with E-state index in [-0.39, 0.29) is 12.1 Å². The first-order valence-electron chi connectivity index (χ1n) is 10.2. The number of β-amino-alcohol motifs (C(OH)–C–C–N with tert-alkyl or cyclic N) is 1. The summed E-state index contributed by atoms with van der Waals surface area (Å²) in [5.74, 6) is 2.97. The van der Waals surface area contributed by atoms with Crippen LogP contribution in [0.3, 0.4) is 0 Å². The van der Waals surface area contributed by atoms with Gasteiger partial charge in [-0.15, -0.1) is 10.2 Å². The largest absolute Gasteiger partial charge is 0.496 e. The maximum absolute atomic E-state index is 10.2. The first kappa shape index (κ1) is 19.4. The Morgan fingerprint density at radius 1 is 1.25 bits per heavy atom. The van der Waals surface area contributed by atoms with Crippen LogP contribution in [0.15, 0.2) is 18.2 Å². The van der Waals surface area contributed by atoms with Crippen molar-refractivity contribution in [3.05, 3.63) is 41.0 Å². The molecule has 0 amide bonds. The number of rotatable bonds is 5. The molecule has 152 valence electrons.